The van der Waals surface area contributed by atoms with Gasteiger partial charge in [-0.15, -0.1) is 11.3 Å². The lowest BCUT2D eigenvalue weighted by Crippen LogP contribution is -2.48. The third kappa shape index (κ3) is 4.76. The molecule has 1 aliphatic carbocycles. The number of nitrogens with zero attached hydrogens (tertiary/aromatic N) is 3. The van der Waals surface area contributed by atoms with Gasteiger partial charge in [0.25, 0.3) is 5.91 Å². The quantitative estimate of drug-likeness (QED) is 0.728. The predicted octanol–water partition coefficient (Wildman–Crippen LogP) is 1.26. The number of thiazole rings is 1. The molecular formula is C19H28N4O4S. The highest BCUT2D eigenvalue weighted by Crippen LogP contribution is 2.42. The minimum atomic E-state index is -0.762. The van der Waals surface area contributed by atoms with E-state index < -0.39 is 17.9 Å². The van der Waals surface area contributed by atoms with Gasteiger partial charge in [0.2, 0.25) is 11.8 Å². The highest BCUT2D eigenvalue weighted by molar-refractivity contribution is 7.14. The van der Waals surface area contributed by atoms with Crippen molar-refractivity contribution < 1.29 is 19.1 Å². The van der Waals surface area contributed by atoms with Gasteiger partial charge >= 0.3 is 0 Å². The summed E-state index contributed by atoms with van der Waals surface area (Å²) in [6, 6.07) is -0.762. The monoisotopic (exact) mass is 408 g/mol. The zero-order valence-corrected chi connectivity index (χ0v) is 17.2. The number of hydrogen-bond donors (Lipinski definition) is 1. The van der Waals surface area contributed by atoms with E-state index in [1.54, 1.807) is 16.5 Å². The van der Waals surface area contributed by atoms with E-state index in [9.17, 15) is 14.4 Å². The van der Waals surface area contributed by atoms with E-state index in [4.69, 9.17) is 10.5 Å². The second kappa shape index (κ2) is 9.11. The Labute approximate surface area is 169 Å². The Morgan fingerprint density at radius 1 is 1.29 bits per heavy atom. The number of morpholine rings is 1. The molecule has 1 aliphatic heterocycles. The number of carbonyl (C=O) groups is 3. The molecule has 0 aromatic carbocycles. The molecule has 2 aliphatic rings. The summed E-state index contributed by atoms with van der Waals surface area (Å²) in [6.45, 7) is 6.26. The second-order valence-corrected chi connectivity index (χ2v) is 8.66. The van der Waals surface area contributed by atoms with Crippen LogP contribution in [0.3, 0.4) is 0 Å². The number of hydrogen-bond acceptors (Lipinski definition) is 7. The van der Waals surface area contributed by atoms with Gasteiger partial charge in [0, 0.05) is 24.7 Å². The summed E-state index contributed by atoms with van der Waals surface area (Å²) in [5.41, 5.74) is 6.09. The lowest BCUT2D eigenvalue weighted by Gasteiger charge is -2.27. The molecule has 0 bridgehead atoms. The molecule has 0 spiro atoms. The van der Waals surface area contributed by atoms with Crippen molar-refractivity contribution in [3.05, 3.63) is 11.6 Å². The van der Waals surface area contributed by atoms with Crippen molar-refractivity contribution in [2.75, 3.05) is 31.2 Å². The predicted molar refractivity (Wildman–Crippen MR) is 106 cm³/mol. The summed E-state index contributed by atoms with van der Waals surface area (Å²) in [6.07, 6.45) is 3.32. The zero-order valence-electron chi connectivity index (χ0n) is 16.4. The van der Waals surface area contributed by atoms with E-state index in [2.05, 4.69) is 18.8 Å². The Kier molecular flexibility index (Phi) is 6.79. The lowest BCUT2D eigenvalue weighted by atomic mass is 10.0. The topological polar surface area (TPSA) is 106 Å². The van der Waals surface area contributed by atoms with Crippen LogP contribution in [0.2, 0.25) is 0 Å². The van der Waals surface area contributed by atoms with Gasteiger partial charge in [0.05, 0.1) is 31.1 Å². The summed E-state index contributed by atoms with van der Waals surface area (Å²) in [5.74, 6) is -1.27. The third-order valence-electron chi connectivity index (χ3n) is 5.17. The minimum absolute atomic E-state index is 0.0303. The molecule has 1 aromatic rings. The fourth-order valence-corrected chi connectivity index (χ4v) is 4.00. The van der Waals surface area contributed by atoms with Gasteiger partial charge in [-0.3, -0.25) is 14.4 Å². The second-order valence-electron chi connectivity index (χ2n) is 7.79. The summed E-state index contributed by atoms with van der Waals surface area (Å²) >= 11 is 1.22. The minimum Gasteiger partial charge on any atom is -0.378 e. The number of rotatable bonds is 7. The van der Waals surface area contributed by atoms with E-state index in [0.717, 1.165) is 11.3 Å². The average Bonchev–Trinajstić information content (AvgIpc) is 3.33. The Hall–Kier alpha value is -1.84. The first kappa shape index (κ1) is 20.9. The molecular weight excluding hydrogens is 380 g/mol. The fourth-order valence-electron chi connectivity index (χ4n) is 3.35. The lowest BCUT2D eigenvalue weighted by molar-refractivity contribution is -0.138. The van der Waals surface area contributed by atoms with Crippen molar-refractivity contribution in [3.63, 3.8) is 0 Å². The molecule has 2 fully saturated rings. The van der Waals surface area contributed by atoms with E-state index in [1.165, 1.54) is 11.3 Å². The van der Waals surface area contributed by atoms with Gasteiger partial charge in [0.15, 0.2) is 5.13 Å². The van der Waals surface area contributed by atoms with Crippen molar-refractivity contribution in [1.29, 1.82) is 0 Å². The molecule has 154 valence electrons. The SMILES string of the molecule is CC(C)CC[C@@H](N)C(=O)N(C(=O)[C@@H]1CC1C(=O)N1CCOCC1)c1nccs1. The first-order valence-corrected chi connectivity index (χ1v) is 10.7. The number of ether oxygens (including phenoxy) is 1. The number of carbonyl (C=O) groups excluding carboxylic acids is 3. The maximum atomic E-state index is 13.1. The van der Waals surface area contributed by atoms with Crippen LogP contribution in [0.1, 0.15) is 33.1 Å². The van der Waals surface area contributed by atoms with Crippen LogP contribution in [-0.4, -0.2) is 60.0 Å². The van der Waals surface area contributed by atoms with Gasteiger partial charge in [-0.05, 0) is 25.2 Å². The number of aromatic nitrogens is 1. The molecule has 3 amide bonds. The number of anilines is 1. The number of imide groups is 1. The maximum absolute atomic E-state index is 13.1. The fraction of sp³-hybridized carbons (Fsp3) is 0.684. The van der Waals surface area contributed by atoms with Crippen LogP contribution >= 0.6 is 11.3 Å². The van der Waals surface area contributed by atoms with Crippen LogP contribution < -0.4 is 10.6 Å². The zero-order chi connectivity index (χ0) is 20.3. The van der Waals surface area contributed by atoms with Gasteiger partial charge in [-0.1, -0.05) is 13.8 Å². The summed E-state index contributed by atoms with van der Waals surface area (Å²) in [4.78, 5) is 45.7. The molecule has 0 radical (unpaired) electrons. The van der Waals surface area contributed by atoms with Gasteiger partial charge < -0.3 is 15.4 Å². The van der Waals surface area contributed by atoms with E-state index >= 15 is 0 Å². The largest absolute Gasteiger partial charge is 0.378 e. The Bertz CT molecular complexity index is 703. The number of amides is 3. The van der Waals surface area contributed by atoms with Crippen molar-refractivity contribution in [2.45, 2.75) is 39.2 Å². The molecule has 9 heteroatoms. The Balaban J connectivity index is 1.68. The van der Waals surface area contributed by atoms with Crippen LogP contribution in [0, 0.1) is 17.8 Å². The standard InChI is InChI=1S/C19H28N4O4S/c1-12(2)3-4-15(20)18(26)23(19-21-5-10-28-19)17(25)14-11-13(14)16(24)22-6-8-27-9-7-22/h5,10,12-15H,3-4,6-9,11,20H2,1-2H3/t13?,14-,15-/m1/s1. The van der Waals surface area contributed by atoms with Gasteiger partial charge in [-0.25, -0.2) is 9.88 Å². The van der Waals surface area contributed by atoms with Crippen molar-refractivity contribution >= 4 is 34.2 Å². The van der Waals surface area contributed by atoms with Crippen LogP contribution in [-0.2, 0) is 19.1 Å². The van der Waals surface area contributed by atoms with Crippen LogP contribution in [0.25, 0.3) is 0 Å². The third-order valence-corrected chi connectivity index (χ3v) is 5.93. The number of nitrogens with two attached hydrogens (primary N) is 1. The first-order chi connectivity index (χ1) is 13.4. The molecule has 1 saturated carbocycles. The molecule has 1 saturated heterocycles. The van der Waals surface area contributed by atoms with E-state index in [-0.39, 0.29) is 17.7 Å². The molecule has 2 N–H and O–H groups in total. The smallest absolute Gasteiger partial charge is 0.252 e. The van der Waals surface area contributed by atoms with Crippen molar-refractivity contribution in [1.82, 2.24) is 9.88 Å². The van der Waals surface area contributed by atoms with E-state index in [1.807, 2.05) is 0 Å². The van der Waals surface area contributed by atoms with Gasteiger partial charge in [-0.2, -0.15) is 0 Å². The van der Waals surface area contributed by atoms with Crippen molar-refractivity contribution in [3.8, 4) is 0 Å². The first-order valence-electron chi connectivity index (χ1n) is 9.79. The molecule has 1 unspecified atom stereocenters. The highest BCUT2D eigenvalue weighted by atomic mass is 32.1. The van der Waals surface area contributed by atoms with Gasteiger partial charge in [0.1, 0.15) is 0 Å². The van der Waals surface area contributed by atoms with Crippen molar-refractivity contribution in [2.24, 2.45) is 23.5 Å². The molecule has 1 aromatic heterocycles. The maximum Gasteiger partial charge on any atom is 0.252 e. The van der Waals surface area contributed by atoms with E-state index in [0.29, 0.717) is 50.2 Å². The summed E-state index contributed by atoms with van der Waals surface area (Å²) in [5, 5.41) is 2.03. The van der Waals surface area contributed by atoms with Crippen LogP contribution in [0.5, 0.6) is 0 Å². The molecule has 28 heavy (non-hydrogen) atoms. The summed E-state index contributed by atoms with van der Waals surface area (Å²) < 4.78 is 5.27. The summed E-state index contributed by atoms with van der Waals surface area (Å²) in [7, 11) is 0. The molecule has 2 heterocycles. The highest BCUT2D eigenvalue weighted by Gasteiger charge is 2.52. The van der Waals surface area contributed by atoms with Crippen LogP contribution in [0.4, 0.5) is 5.13 Å². The molecule has 3 atom stereocenters. The average molecular weight is 409 g/mol. The molecule has 3 rings (SSSR count). The Morgan fingerprint density at radius 2 is 2.00 bits per heavy atom. The Morgan fingerprint density at radius 3 is 2.61 bits per heavy atom. The normalized spacial score (nSPS) is 22.8. The molecule has 8 nitrogen and oxygen atoms in total. The van der Waals surface area contributed by atoms with Crippen LogP contribution in [0.15, 0.2) is 11.6 Å².